The molecule has 0 spiro atoms. The van der Waals surface area contributed by atoms with E-state index in [-0.39, 0.29) is 0 Å². The lowest BCUT2D eigenvalue weighted by Gasteiger charge is -2.16. The lowest BCUT2D eigenvalue weighted by Crippen LogP contribution is -2.05. The lowest BCUT2D eigenvalue weighted by molar-refractivity contribution is 0.686. The fraction of sp³-hybridized carbons (Fsp3) is 0.400. The van der Waals surface area contributed by atoms with Crippen LogP contribution in [0.2, 0.25) is 0 Å². The fourth-order valence-electron chi connectivity index (χ4n) is 2.73. The van der Waals surface area contributed by atoms with Gasteiger partial charge < -0.3 is 5.32 Å². The largest absolute Gasteiger partial charge is 0.314 e. The fourth-order valence-corrected chi connectivity index (χ4v) is 3.28. The molecule has 1 heterocycles. The molecule has 0 amide bonds. The summed E-state index contributed by atoms with van der Waals surface area (Å²) in [6, 6.07) is 6.76. The van der Waals surface area contributed by atoms with Crippen molar-refractivity contribution < 1.29 is 0 Å². The molecule has 4 heteroatoms. The Kier molecular flexibility index (Phi) is 3.71. The minimum atomic E-state index is 0.790. The van der Waals surface area contributed by atoms with E-state index in [9.17, 15) is 0 Å². The van der Waals surface area contributed by atoms with Gasteiger partial charge in [0.25, 0.3) is 0 Å². The quantitative estimate of drug-likeness (QED) is 0.909. The minimum absolute atomic E-state index is 0.790. The molecule has 19 heavy (non-hydrogen) atoms. The summed E-state index contributed by atoms with van der Waals surface area (Å²) in [4.78, 5) is 0. The van der Waals surface area contributed by atoms with Crippen molar-refractivity contribution in [3.8, 4) is 11.3 Å². The predicted octanol–water partition coefficient (Wildman–Crippen LogP) is 3.44. The van der Waals surface area contributed by atoms with Gasteiger partial charge in [-0.3, -0.25) is 5.10 Å². The molecule has 3 nitrogen and oxygen atoms in total. The molecule has 0 atom stereocenters. The molecule has 0 fully saturated rings. The number of H-pyrrole nitrogens is 1. The van der Waals surface area contributed by atoms with Crippen LogP contribution in [0.1, 0.15) is 29.7 Å². The first-order valence-corrected chi connectivity index (χ1v) is 7.58. The molecule has 0 aliphatic heterocycles. The molecule has 2 aromatic rings. The van der Waals surface area contributed by atoms with E-state index in [0.717, 1.165) is 22.4 Å². The number of benzene rings is 1. The van der Waals surface area contributed by atoms with Crippen molar-refractivity contribution in [2.75, 3.05) is 7.05 Å². The first-order valence-electron chi connectivity index (χ1n) is 6.79. The van der Waals surface area contributed by atoms with Gasteiger partial charge in [0.15, 0.2) is 0 Å². The van der Waals surface area contributed by atoms with E-state index in [0.29, 0.717) is 0 Å². The molecule has 3 rings (SSSR count). The van der Waals surface area contributed by atoms with E-state index in [1.54, 1.807) is 0 Å². The van der Waals surface area contributed by atoms with Gasteiger partial charge in [0.05, 0.1) is 10.2 Å². The van der Waals surface area contributed by atoms with Gasteiger partial charge in [-0.1, -0.05) is 12.1 Å². The Morgan fingerprint density at radius 2 is 2.05 bits per heavy atom. The SMILES string of the molecule is CNCc1[nH]nc(-c2ccc3c(c2)CCCC3)c1Br. The standard InChI is InChI=1S/C15H18BrN3/c1-17-9-13-14(16)15(19-18-13)12-7-6-10-4-2-3-5-11(10)8-12/h6-8,17H,2-5,9H2,1H3,(H,18,19). The summed E-state index contributed by atoms with van der Waals surface area (Å²) in [6.07, 6.45) is 5.06. The van der Waals surface area contributed by atoms with Gasteiger partial charge in [0.1, 0.15) is 5.69 Å². The monoisotopic (exact) mass is 319 g/mol. The highest BCUT2D eigenvalue weighted by Crippen LogP contribution is 2.32. The Morgan fingerprint density at radius 1 is 1.26 bits per heavy atom. The van der Waals surface area contributed by atoms with E-state index in [2.05, 4.69) is 49.6 Å². The van der Waals surface area contributed by atoms with E-state index in [1.165, 1.54) is 42.4 Å². The second kappa shape index (κ2) is 5.47. The summed E-state index contributed by atoms with van der Waals surface area (Å²) >= 11 is 3.65. The number of hydrogen-bond acceptors (Lipinski definition) is 2. The summed E-state index contributed by atoms with van der Waals surface area (Å²) in [5.41, 5.74) is 6.31. The van der Waals surface area contributed by atoms with E-state index >= 15 is 0 Å². The predicted molar refractivity (Wildman–Crippen MR) is 81.1 cm³/mol. The zero-order valence-electron chi connectivity index (χ0n) is 11.1. The second-order valence-electron chi connectivity index (χ2n) is 5.09. The van der Waals surface area contributed by atoms with Crippen molar-refractivity contribution in [3.05, 3.63) is 39.5 Å². The highest BCUT2D eigenvalue weighted by molar-refractivity contribution is 9.10. The Balaban J connectivity index is 1.98. The normalized spacial score (nSPS) is 14.4. The van der Waals surface area contributed by atoms with Gasteiger partial charge in [-0.05, 0) is 65.9 Å². The number of halogens is 1. The average molecular weight is 320 g/mol. The smallest absolute Gasteiger partial charge is 0.107 e. The van der Waals surface area contributed by atoms with Gasteiger partial charge in [-0.15, -0.1) is 0 Å². The maximum atomic E-state index is 4.44. The Labute approximate surface area is 121 Å². The highest BCUT2D eigenvalue weighted by atomic mass is 79.9. The molecule has 1 aromatic heterocycles. The average Bonchev–Trinajstić information content (AvgIpc) is 2.80. The highest BCUT2D eigenvalue weighted by Gasteiger charge is 2.15. The zero-order valence-corrected chi connectivity index (χ0v) is 12.7. The van der Waals surface area contributed by atoms with Gasteiger partial charge in [-0.25, -0.2) is 0 Å². The topological polar surface area (TPSA) is 40.7 Å². The summed E-state index contributed by atoms with van der Waals surface area (Å²) in [7, 11) is 1.94. The number of aromatic amines is 1. The van der Waals surface area contributed by atoms with Crippen molar-refractivity contribution >= 4 is 15.9 Å². The van der Waals surface area contributed by atoms with Crippen molar-refractivity contribution in [1.82, 2.24) is 15.5 Å². The van der Waals surface area contributed by atoms with E-state index < -0.39 is 0 Å². The van der Waals surface area contributed by atoms with Crippen molar-refractivity contribution in [2.24, 2.45) is 0 Å². The van der Waals surface area contributed by atoms with Gasteiger partial charge in [0, 0.05) is 12.1 Å². The third-order valence-corrected chi connectivity index (χ3v) is 4.61. The molecule has 0 radical (unpaired) electrons. The Bertz CT molecular complexity index is 589. The number of aromatic nitrogens is 2. The molecule has 1 aliphatic carbocycles. The summed E-state index contributed by atoms with van der Waals surface area (Å²) in [5.74, 6) is 0. The molecule has 1 aromatic carbocycles. The van der Waals surface area contributed by atoms with Crippen molar-refractivity contribution in [2.45, 2.75) is 32.2 Å². The maximum Gasteiger partial charge on any atom is 0.107 e. The molecule has 1 aliphatic rings. The van der Waals surface area contributed by atoms with Crippen LogP contribution in [0.25, 0.3) is 11.3 Å². The number of fused-ring (bicyclic) bond motifs is 1. The molecule has 0 saturated heterocycles. The van der Waals surface area contributed by atoms with Crippen LogP contribution >= 0.6 is 15.9 Å². The number of rotatable bonds is 3. The lowest BCUT2D eigenvalue weighted by atomic mass is 9.90. The van der Waals surface area contributed by atoms with Gasteiger partial charge >= 0.3 is 0 Å². The first kappa shape index (κ1) is 12.9. The second-order valence-corrected chi connectivity index (χ2v) is 5.88. The van der Waals surface area contributed by atoms with Crippen molar-refractivity contribution in [3.63, 3.8) is 0 Å². The number of nitrogens with zero attached hydrogens (tertiary/aromatic N) is 1. The Morgan fingerprint density at radius 3 is 2.84 bits per heavy atom. The summed E-state index contributed by atoms with van der Waals surface area (Å²) in [5, 5.41) is 10.7. The van der Waals surface area contributed by atoms with Crippen LogP contribution < -0.4 is 5.32 Å². The maximum absolute atomic E-state index is 4.44. The van der Waals surface area contributed by atoms with Crippen LogP contribution in [0.5, 0.6) is 0 Å². The first-order chi connectivity index (χ1) is 9.29. The van der Waals surface area contributed by atoms with E-state index in [1.807, 2.05) is 7.05 Å². The number of hydrogen-bond donors (Lipinski definition) is 2. The van der Waals surface area contributed by atoms with Crippen molar-refractivity contribution in [1.29, 1.82) is 0 Å². The molecule has 0 bridgehead atoms. The van der Waals surface area contributed by atoms with Crippen LogP contribution in [0.4, 0.5) is 0 Å². The van der Waals surface area contributed by atoms with E-state index in [4.69, 9.17) is 0 Å². The van der Waals surface area contributed by atoms with Crippen LogP contribution in [0.3, 0.4) is 0 Å². The van der Waals surface area contributed by atoms with Crippen LogP contribution in [0.15, 0.2) is 22.7 Å². The summed E-state index contributed by atoms with van der Waals surface area (Å²) in [6.45, 7) is 0.790. The van der Waals surface area contributed by atoms with Gasteiger partial charge in [-0.2, -0.15) is 5.10 Å². The minimum Gasteiger partial charge on any atom is -0.314 e. The van der Waals surface area contributed by atoms with Gasteiger partial charge in [0.2, 0.25) is 0 Å². The molecular formula is C15H18BrN3. The Hall–Kier alpha value is -1.13. The molecular weight excluding hydrogens is 302 g/mol. The molecule has 0 saturated carbocycles. The summed E-state index contributed by atoms with van der Waals surface area (Å²) < 4.78 is 1.07. The van der Waals surface area contributed by atoms with Crippen LogP contribution in [-0.2, 0) is 19.4 Å². The zero-order chi connectivity index (χ0) is 13.2. The molecule has 100 valence electrons. The molecule has 2 N–H and O–H groups in total. The number of nitrogens with one attached hydrogen (secondary N) is 2. The van der Waals surface area contributed by atoms with Crippen LogP contribution in [0, 0.1) is 0 Å². The molecule has 0 unspecified atom stereocenters. The third kappa shape index (κ3) is 2.47. The third-order valence-electron chi connectivity index (χ3n) is 3.75. The number of aryl methyl sites for hydroxylation is 2. The van der Waals surface area contributed by atoms with Crippen LogP contribution in [-0.4, -0.2) is 17.2 Å².